The summed E-state index contributed by atoms with van der Waals surface area (Å²) in [5.41, 5.74) is 1.00. The van der Waals surface area contributed by atoms with Gasteiger partial charge in [0.2, 0.25) is 5.78 Å². The Morgan fingerprint density at radius 2 is 1.96 bits per heavy atom. The van der Waals surface area contributed by atoms with E-state index in [1.54, 1.807) is 0 Å². The summed E-state index contributed by atoms with van der Waals surface area (Å²) in [5, 5.41) is 10.5. The van der Waals surface area contributed by atoms with Crippen LogP contribution in [0.1, 0.15) is 47.0 Å². The molecule has 4 aliphatic rings. The van der Waals surface area contributed by atoms with Crippen molar-refractivity contribution in [3.05, 3.63) is 35.2 Å². The number of alkyl halides is 1. The smallest absolute Gasteiger partial charge is 0.214 e. The highest BCUT2D eigenvalue weighted by molar-refractivity contribution is 6.05. The van der Waals surface area contributed by atoms with E-state index in [9.17, 15) is 18.7 Å². The second-order valence-corrected chi connectivity index (χ2v) is 9.43. The molecule has 0 saturated heterocycles. The molecule has 0 bridgehead atoms. The lowest BCUT2D eigenvalue weighted by molar-refractivity contribution is -0.113. The summed E-state index contributed by atoms with van der Waals surface area (Å²) in [6, 6.07) is 0. The van der Waals surface area contributed by atoms with Gasteiger partial charge in [-0.15, -0.1) is 0 Å². The maximum atomic E-state index is 14.9. The lowest BCUT2D eigenvalue weighted by Crippen LogP contribution is -2.55. The van der Waals surface area contributed by atoms with Gasteiger partial charge in [-0.1, -0.05) is 32.9 Å². The van der Waals surface area contributed by atoms with Gasteiger partial charge in [-0.2, -0.15) is 0 Å². The van der Waals surface area contributed by atoms with Crippen molar-refractivity contribution in [3.63, 3.8) is 0 Å². The number of aliphatic hydroxyl groups is 1. The van der Waals surface area contributed by atoms with Crippen molar-refractivity contribution < 1.29 is 18.7 Å². The van der Waals surface area contributed by atoms with Crippen molar-refractivity contribution in [1.29, 1.82) is 0 Å². The van der Waals surface area contributed by atoms with Crippen LogP contribution >= 0.6 is 0 Å². The van der Waals surface area contributed by atoms with Crippen LogP contribution in [0, 0.1) is 34.5 Å². The Morgan fingerprint density at radius 3 is 2.62 bits per heavy atom. The van der Waals surface area contributed by atoms with Gasteiger partial charge in [0.1, 0.15) is 6.17 Å². The van der Waals surface area contributed by atoms with Gasteiger partial charge < -0.3 is 5.11 Å². The number of fused-ring (bicyclic) bond motifs is 5. The van der Waals surface area contributed by atoms with E-state index in [2.05, 4.69) is 6.58 Å². The summed E-state index contributed by atoms with van der Waals surface area (Å²) in [6.45, 7) is 12.1. The number of carbonyl (C=O) groups is 1. The number of ketones is 1. The topological polar surface area (TPSA) is 37.3 Å². The molecule has 0 aromatic rings. The van der Waals surface area contributed by atoms with Crippen molar-refractivity contribution in [1.82, 2.24) is 0 Å². The minimum Gasteiger partial charge on any atom is -0.390 e. The number of carbonyl (C=O) groups excluding carboxylic acids is 1. The summed E-state index contributed by atoms with van der Waals surface area (Å²) in [4.78, 5) is 12.1. The van der Waals surface area contributed by atoms with Crippen molar-refractivity contribution in [2.45, 2.75) is 59.2 Å². The number of halogens is 2. The molecule has 1 N–H and O–H groups in total. The van der Waals surface area contributed by atoms with Crippen LogP contribution in [-0.4, -0.2) is 23.2 Å². The van der Waals surface area contributed by atoms with Crippen LogP contribution in [0.3, 0.4) is 0 Å². The maximum absolute atomic E-state index is 14.9. The molecule has 3 fully saturated rings. The highest BCUT2D eigenvalue weighted by Gasteiger charge is 2.64. The summed E-state index contributed by atoms with van der Waals surface area (Å²) in [5.74, 6) is -0.961. The fourth-order valence-electron chi connectivity index (χ4n) is 6.88. The minimum atomic E-state index is -1.20. The molecule has 142 valence electrons. The number of rotatable bonds is 0. The Labute approximate surface area is 154 Å². The summed E-state index contributed by atoms with van der Waals surface area (Å²) < 4.78 is 29.4. The normalized spacial score (nSPS) is 51.0. The molecule has 0 aliphatic heterocycles. The summed E-state index contributed by atoms with van der Waals surface area (Å²) in [6.07, 6.45) is 1.18. The fourth-order valence-corrected chi connectivity index (χ4v) is 6.88. The molecule has 0 aromatic carbocycles. The molecule has 2 unspecified atom stereocenters. The average molecular weight is 362 g/mol. The quantitative estimate of drug-likeness (QED) is 0.678. The van der Waals surface area contributed by atoms with Gasteiger partial charge in [0.25, 0.3) is 0 Å². The molecule has 0 radical (unpaired) electrons. The number of hydrogen-bond donors (Lipinski definition) is 1. The zero-order chi connectivity index (χ0) is 19.2. The molecule has 0 aromatic heterocycles. The zero-order valence-corrected chi connectivity index (χ0v) is 16.0. The third-order valence-corrected chi connectivity index (χ3v) is 8.58. The first-order valence-electron chi connectivity index (χ1n) is 9.69. The second kappa shape index (κ2) is 5.37. The van der Waals surface area contributed by atoms with Gasteiger partial charge in [0, 0.05) is 11.0 Å². The fraction of sp³-hybridized carbons (Fsp3) is 0.682. The van der Waals surface area contributed by atoms with E-state index in [0.717, 1.165) is 18.4 Å². The Hall–Kier alpha value is -1.29. The van der Waals surface area contributed by atoms with E-state index < -0.39 is 34.7 Å². The van der Waals surface area contributed by atoms with E-state index in [1.807, 2.05) is 27.7 Å². The molecule has 26 heavy (non-hydrogen) atoms. The number of aliphatic hydroxyl groups excluding tert-OH is 1. The minimum absolute atomic E-state index is 0.0327. The first kappa shape index (κ1) is 18.1. The lowest BCUT2D eigenvalue weighted by atomic mass is 9.44. The number of hydrogen-bond acceptors (Lipinski definition) is 2. The third kappa shape index (κ3) is 1.92. The van der Waals surface area contributed by atoms with Crippen LogP contribution in [-0.2, 0) is 4.79 Å². The Bertz CT molecular complexity index is 766. The van der Waals surface area contributed by atoms with Crippen LogP contribution in [0.4, 0.5) is 8.78 Å². The molecular formula is C22H28F2O2. The van der Waals surface area contributed by atoms with Crippen molar-refractivity contribution in [2.75, 3.05) is 0 Å². The van der Waals surface area contributed by atoms with E-state index in [1.165, 1.54) is 6.08 Å². The van der Waals surface area contributed by atoms with Crippen LogP contribution in [0.2, 0.25) is 0 Å². The molecule has 2 nitrogen and oxygen atoms in total. The molecule has 3 saturated carbocycles. The predicted molar refractivity (Wildman–Crippen MR) is 96.6 cm³/mol. The highest BCUT2D eigenvalue weighted by atomic mass is 19.1. The molecule has 4 aliphatic carbocycles. The maximum Gasteiger partial charge on any atom is 0.214 e. The Balaban J connectivity index is 1.87. The van der Waals surface area contributed by atoms with E-state index >= 15 is 0 Å². The number of allylic oxidation sites excluding steroid dienone is 5. The Kier molecular flexibility index (Phi) is 3.74. The van der Waals surface area contributed by atoms with Crippen LogP contribution in [0.25, 0.3) is 0 Å². The van der Waals surface area contributed by atoms with Crippen LogP contribution < -0.4 is 0 Å². The summed E-state index contributed by atoms with van der Waals surface area (Å²) in [7, 11) is 0. The second-order valence-electron chi connectivity index (χ2n) is 9.43. The molecule has 0 amide bonds. The molecule has 4 rings (SSSR count). The van der Waals surface area contributed by atoms with Gasteiger partial charge in [-0.3, -0.25) is 4.79 Å². The van der Waals surface area contributed by atoms with Crippen molar-refractivity contribution >= 4 is 5.78 Å². The largest absolute Gasteiger partial charge is 0.390 e. The van der Waals surface area contributed by atoms with Crippen LogP contribution in [0.5, 0.6) is 0 Å². The molecule has 0 spiro atoms. The van der Waals surface area contributed by atoms with Crippen molar-refractivity contribution in [2.24, 2.45) is 34.5 Å². The average Bonchev–Trinajstić information content (AvgIpc) is 2.81. The predicted octanol–water partition coefficient (Wildman–Crippen LogP) is 4.70. The molecular weight excluding hydrogens is 334 g/mol. The van der Waals surface area contributed by atoms with E-state index in [-0.39, 0.29) is 23.7 Å². The summed E-state index contributed by atoms with van der Waals surface area (Å²) >= 11 is 0. The molecule has 0 heterocycles. The van der Waals surface area contributed by atoms with Gasteiger partial charge >= 0.3 is 0 Å². The van der Waals surface area contributed by atoms with Gasteiger partial charge in [0.05, 0.1) is 6.10 Å². The van der Waals surface area contributed by atoms with Crippen molar-refractivity contribution in [3.8, 4) is 0 Å². The first-order valence-corrected chi connectivity index (χ1v) is 9.69. The highest BCUT2D eigenvalue weighted by Crippen LogP contribution is 2.68. The lowest BCUT2D eigenvalue weighted by Gasteiger charge is -2.60. The van der Waals surface area contributed by atoms with Gasteiger partial charge in [-0.05, 0) is 66.9 Å². The zero-order valence-electron chi connectivity index (χ0n) is 16.0. The first-order chi connectivity index (χ1) is 12.0. The van der Waals surface area contributed by atoms with Crippen LogP contribution in [0.15, 0.2) is 35.2 Å². The standard InChI is InChI=1S/C22H28F2O2/c1-10-8-16(25)19(24)18-12(3)11(2)17-13(22(10,18)5)6-7-21(4)14(17)9-15(23)20(21)26/h8,11,13-15,17,20,26H,3,6-7,9H2,1-2,4-5H3/t11?,13-,14-,15?,17+,20-,21-,22+/m0/s1. The molecule has 8 atom stereocenters. The van der Waals surface area contributed by atoms with Gasteiger partial charge in [-0.25, -0.2) is 8.78 Å². The molecule has 4 heteroatoms. The van der Waals surface area contributed by atoms with E-state index in [0.29, 0.717) is 17.6 Å². The Morgan fingerprint density at radius 1 is 1.31 bits per heavy atom. The third-order valence-electron chi connectivity index (χ3n) is 8.58. The van der Waals surface area contributed by atoms with E-state index in [4.69, 9.17) is 0 Å². The van der Waals surface area contributed by atoms with Gasteiger partial charge in [0.15, 0.2) is 5.83 Å². The monoisotopic (exact) mass is 362 g/mol. The SMILES string of the molecule is C=C1C2=C(F)C(=O)C=C(C)[C@]2(C)[C@H]2CC[C@]3(C)[C@@H](O)C(F)C[C@H]3[C@@H]2C1C.